The van der Waals surface area contributed by atoms with Crippen molar-refractivity contribution in [3.05, 3.63) is 35.4 Å². The van der Waals surface area contributed by atoms with Gasteiger partial charge in [-0.3, -0.25) is 0 Å². The Kier molecular flexibility index (Phi) is 4.94. The highest BCUT2D eigenvalue weighted by atomic mass is 16.6. The Balaban J connectivity index is 2.60. The normalized spacial score (nSPS) is 10.8. The molecule has 0 heterocycles. The van der Waals surface area contributed by atoms with Crippen LogP contribution in [0.3, 0.4) is 0 Å². The summed E-state index contributed by atoms with van der Waals surface area (Å²) >= 11 is 0. The number of carbonyl (C=O) groups excluding carboxylic acids is 1. The van der Waals surface area contributed by atoms with E-state index in [1.807, 2.05) is 32.9 Å². The van der Waals surface area contributed by atoms with Crippen molar-refractivity contribution in [2.24, 2.45) is 0 Å². The van der Waals surface area contributed by atoms with Crippen LogP contribution in [0.15, 0.2) is 24.3 Å². The summed E-state index contributed by atoms with van der Waals surface area (Å²) in [5, 5.41) is 3.09. The molecule has 1 N–H and O–H groups in total. The lowest BCUT2D eigenvalue weighted by atomic mass is 10.1. The molecule has 0 amide bonds. The van der Waals surface area contributed by atoms with Crippen LogP contribution in [0.5, 0.6) is 0 Å². The van der Waals surface area contributed by atoms with Gasteiger partial charge in [0.05, 0.1) is 12.1 Å². The Morgan fingerprint density at radius 3 is 2.44 bits per heavy atom. The molecule has 0 radical (unpaired) electrons. The van der Waals surface area contributed by atoms with E-state index in [9.17, 15) is 4.79 Å². The SMILES string of the molecule is C#CCNCc1ccc(C(=O)OC(C)(C)C)cc1. The predicted molar refractivity (Wildman–Crippen MR) is 72.2 cm³/mol. The van der Waals surface area contributed by atoms with Gasteiger partial charge in [-0.25, -0.2) is 4.79 Å². The van der Waals surface area contributed by atoms with Gasteiger partial charge >= 0.3 is 5.97 Å². The van der Waals surface area contributed by atoms with Gasteiger partial charge in [-0.15, -0.1) is 6.42 Å². The summed E-state index contributed by atoms with van der Waals surface area (Å²) in [6.45, 7) is 6.78. The van der Waals surface area contributed by atoms with Crippen LogP contribution in [0.4, 0.5) is 0 Å². The summed E-state index contributed by atoms with van der Waals surface area (Å²) in [4.78, 5) is 11.8. The van der Waals surface area contributed by atoms with Gasteiger partial charge in [0.2, 0.25) is 0 Å². The van der Waals surface area contributed by atoms with E-state index in [1.165, 1.54) is 0 Å². The molecule has 1 aromatic rings. The third kappa shape index (κ3) is 5.03. The van der Waals surface area contributed by atoms with Crippen LogP contribution in [0.25, 0.3) is 0 Å². The third-order valence-corrected chi connectivity index (χ3v) is 2.14. The van der Waals surface area contributed by atoms with Gasteiger partial charge < -0.3 is 10.1 Å². The molecule has 0 fully saturated rings. The minimum Gasteiger partial charge on any atom is -0.456 e. The molecular weight excluding hydrogens is 226 g/mol. The minimum absolute atomic E-state index is 0.300. The summed E-state index contributed by atoms with van der Waals surface area (Å²) in [6, 6.07) is 7.31. The molecule has 0 atom stereocenters. The molecule has 0 saturated heterocycles. The van der Waals surface area contributed by atoms with Crippen LogP contribution in [-0.2, 0) is 11.3 Å². The van der Waals surface area contributed by atoms with E-state index >= 15 is 0 Å². The van der Waals surface area contributed by atoms with E-state index in [0.29, 0.717) is 18.7 Å². The number of hydrogen-bond acceptors (Lipinski definition) is 3. The Morgan fingerprint density at radius 2 is 1.94 bits per heavy atom. The number of esters is 1. The second kappa shape index (κ2) is 6.23. The molecular formula is C15H19NO2. The molecule has 0 spiro atoms. The van der Waals surface area contributed by atoms with Crippen molar-refractivity contribution in [2.75, 3.05) is 6.54 Å². The van der Waals surface area contributed by atoms with E-state index in [1.54, 1.807) is 12.1 Å². The topological polar surface area (TPSA) is 38.3 Å². The second-order valence-electron chi connectivity index (χ2n) is 5.01. The first-order chi connectivity index (χ1) is 8.42. The quantitative estimate of drug-likeness (QED) is 0.503. The van der Waals surface area contributed by atoms with Crippen LogP contribution in [0.1, 0.15) is 36.7 Å². The van der Waals surface area contributed by atoms with Gasteiger partial charge in [-0.2, -0.15) is 0 Å². The fourth-order valence-corrected chi connectivity index (χ4v) is 1.37. The first-order valence-corrected chi connectivity index (χ1v) is 5.89. The van der Waals surface area contributed by atoms with Crippen molar-refractivity contribution < 1.29 is 9.53 Å². The lowest BCUT2D eigenvalue weighted by Crippen LogP contribution is -2.23. The molecule has 0 unspecified atom stereocenters. The van der Waals surface area contributed by atoms with Crippen molar-refractivity contribution in [1.29, 1.82) is 0 Å². The predicted octanol–water partition coefficient (Wildman–Crippen LogP) is 2.36. The molecule has 0 aromatic heterocycles. The Bertz CT molecular complexity index is 435. The number of hydrogen-bond donors (Lipinski definition) is 1. The molecule has 96 valence electrons. The molecule has 0 aliphatic heterocycles. The fraction of sp³-hybridized carbons (Fsp3) is 0.400. The van der Waals surface area contributed by atoms with Gasteiger partial charge in [0, 0.05) is 6.54 Å². The summed E-state index contributed by atoms with van der Waals surface area (Å²) in [5.74, 6) is 2.21. The van der Waals surface area contributed by atoms with Crippen molar-refractivity contribution in [3.8, 4) is 12.3 Å². The zero-order valence-corrected chi connectivity index (χ0v) is 11.1. The number of nitrogens with one attached hydrogen (secondary N) is 1. The number of carbonyl (C=O) groups is 1. The smallest absolute Gasteiger partial charge is 0.338 e. The fourth-order valence-electron chi connectivity index (χ4n) is 1.37. The summed E-state index contributed by atoms with van der Waals surface area (Å²) in [5.41, 5.74) is 1.17. The molecule has 18 heavy (non-hydrogen) atoms. The summed E-state index contributed by atoms with van der Waals surface area (Å²) in [7, 11) is 0. The zero-order chi connectivity index (χ0) is 13.6. The summed E-state index contributed by atoms with van der Waals surface area (Å²) < 4.78 is 5.28. The first kappa shape index (κ1) is 14.3. The van der Waals surface area contributed by atoms with Crippen molar-refractivity contribution >= 4 is 5.97 Å². The Hall–Kier alpha value is -1.79. The molecule has 1 rings (SSSR count). The van der Waals surface area contributed by atoms with Crippen molar-refractivity contribution in [1.82, 2.24) is 5.32 Å². The van der Waals surface area contributed by atoms with E-state index in [2.05, 4.69) is 11.2 Å². The number of ether oxygens (including phenoxy) is 1. The highest BCUT2D eigenvalue weighted by molar-refractivity contribution is 5.89. The third-order valence-electron chi connectivity index (χ3n) is 2.14. The molecule has 0 bridgehead atoms. The minimum atomic E-state index is -0.468. The molecule has 0 aliphatic carbocycles. The van der Waals surface area contributed by atoms with Gasteiger partial charge in [-0.05, 0) is 38.5 Å². The van der Waals surface area contributed by atoms with Crippen LogP contribution >= 0.6 is 0 Å². The van der Waals surface area contributed by atoms with E-state index in [4.69, 9.17) is 11.2 Å². The molecule has 0 aliphatic rings. The maximum atomic E-state index is 11.8. The Morgan fingerprint density at radius 1 is 1.33 bits per heavy atom. The van der Waals surface area contributed by atoms with Gasteiger partial charge in [0.25, 0.3) is 0 Å². The molecule has 0 saturated carbocycles. The van der Waals surface area contributed by atoms with E-state index in [0.717, 1.165) is 5.56 Å². The summed E-state index contributed by atoms with van der Waals surface area (Å²) in [6.07, 6.45) is 5.14. The van der Waals surface area contributed by atoms with Gasteiger partial charge in [0.1, 0.15) is 5.60 Å². The second-order valence-corrected chi connectivity index (χ2v) is 5.01. The van der Waals surface area contributed by atoms with Crippen LogP contribution in [0, 0.1) is 12.3 Å². The van der Waals surface area contributed by atoms with Gasteiger partial charge in [-0.1, -0.05) is 18.1 Å². The maximum absolute atomic E-state index is 11.8. The number of benzene rings is 1. The highest BCUT2D eigenvalue weighted by Gasteiger charge is 2.17. The Labute approximate surface area is 109 Å². The largest absolute Gasteiger partial charge is 0.456 e. The zero-order valence-electron chi connectivity index (χ0n) is 11.1. The van der Waals surface area contributed by atoms with Crippen molar-refractivity contribution in [2.45, 2.75) is 32.9 Å². The molecule has 1 aromatic carbocycles. The van der Waals surface area contributed by atoms with E-state index in [-0.39, 0.29) is 5.97 Å². The average molecular weight is 245 g/mol. The lowest BCUT2D eigenvalue weighted by Gasteiger charge is -2.19. The average Bonchev–Trinajstić information content (AvgIpc) is 2.28. The molecule has 3 heteroatoms. The van der Waals surface area contributed by atoms with Crippen LogP contribution in [-0.4, -0.2) is 18.1 Å². The number of rotatable bonds is 4. The standard InChI is InChI=1S/C15H19NO2/c1-5-10-16-11-12-6-8-13(9-7-12)14(17)18-15(2,3)4/h1,6-9,16H,10-11H2,2-4H3. The maximum Gasteiger partial charge on any atom is 0.338 e. The first-order valence-electron chi connectivity index (χ1n) is 5.89. The lowest BCUT2D eigenvalue weighted by molar-refractivity contribution is 0.00695. The number of terminal acetylenes is 1. The van der Waals surface area contributed by atoms with E-state index < -0.39 is 5.60 Å². The van der Waals surface area contributed by atoms with Gasteiger partial charge in [0.15, 0.2) is 0 Å². The monoisotopic (exact) mass is 245 g/mol. The van der Waals surface area contributed by atoms with Crippen LogP contribution in [0.2, 0.25) is 0 Å². The van der Waals surface area contributed by atoms with Crippen LogP contribution < -0.4 is 5.32 Å². The highest BCUT2D eigenvalue weighted by Crippen LogP contribution is 2.12. The molecule has 3 nitrogen and oxygen atoms in total. The van der Waals surface area contributed by atoms with Crippen molar-refractivity contribution in [3.63, 3.8) is 0 Å².